The molecule has 0 aromatic heterocycles. The molecule has 3 aliphatic heterocycles. The van der Waals surface area contributed by atoms with E-state index in [0.717, 1.165) is 32.4 Å². The average Bonchev–Trinajstić information content (AvgIpc) is 3.39. The minimum Gasteiger partial charge on any atom is -0.370 e. The van der Waals surface area contributed by atoms with Gasteiger partial charge in [-0.15, -0.1) is 0 Å². The van der Waals surface area contributed by atoms with Crippen LogP contribution in [0.5, 0.6) is 0 Å². The van der Waals surface area contributed by atoms with Crippen molar-refractivity contribution in [2.24, 2.45) is 11.7 Å². The minimum absolute atomic E-state index is 0.0673. The van der Waals surface area contributed by atoms with Gasteiger partial charge >= 0.3 is 0 Å². The molecule has 4 aliphatic rings. The van der Waals surface area contributed by atoms with Gasteiger partial charge in [0.1, 0.15) is 11.7 Å². The van der Waals surface area contributed by atoms with E-state index in [2.05, 4.69) is 31.7 Å². The van der Waals surface area contributed by atoms with Crippen LogP contribution < -0.4 is 5.73 Å². The topological polar surface area (TPSA) is 71.4 Å². The van der Waals surface area contributed by atoms with Crippen molar-refractivity contribution >= 4 is 5.91 Å². The van der Waals surface area contributed by atoms with Crippen LogP contribution in [0.25, 0.3) is 0 Å². The molecule has 1 unspecified atom stereocenters. The normalized spacial score (nSPS) is 43.6. The predicted molar refractivity (Wildman–Crippen MR) is 96.1 cm³/mol. The molecule has 5 nitrogen and oxygen atoms in total. The van der Waals surface area contributed by atoms with Gasteiger partial charge in [-0.2, -0.15) is 0 Å². The largest absolute Gasteiger partial charge is 0.370 e. The highest BCUT2D eigenvalue weighted by molar-refractivity contribution is 5.74. The lowest BCUT2D eigenvalue weighted by molar-refractivity contribution is -0.120. The fourth-order valence-corrected chi connectivity index (χ4v) is 5.13. The molecule has 1 amide bonds. The number of likely N-dealkylation sites (tertiary alicyclic amines) is 1. The standard InChI is InChI=1S/C20H32N2O3/c1-13(2)4-5-16-19(3,24-16)18-20(25-18)8-6-15(7-9-20)22-11-14(12-22)10-17(21)23/h4,14-16,18H,5-12H2,1-3H3,(H2,21,23)/t15?,16-,18?,19-,20?/m1/s1. The summed E-state index contributed by atoms with van der Waals surface area (Å²) >= 11 is 0. The lowest BCUT2D eigenvalue weighted by atomic mass is 9.78. The van der Waals surface area contributed by atoms with Gasteiger partial charge in [-0.05, 0) is 58.8 Å². The summed E-state index contributed by atoms with van der Waals surface area (Å²) in [6.45, 7) is 8.58. The zero-order valence-electron chi connectivity index (χ0n) is 15.8. The van der Waals surface area contributed by atoms with E-state index in [4.69, 9.17) is 15.2 Å². The average molecular weight is 348 g/mol. The summed E-state index contributed by atoms with van der Waals surface area (Å²) in [5.74, 6) is 0.315. The number of ether oxygens (including phenoxy) is 2. The van der Waals surface area contributed by atoms with Crippen molar-refractivity contribution in [3.8, 4) is 0 Å². The summed E-state index contributed by atoms with van der Waals surface area (Å²) in [5, 5.41) is 0. The molecule has 3 heterocycles. The van der Waals surface area contributed by atoms with E-state index in [0.29, 0.717) is 24.5 Å². The molecule has 1 spiro atoms. The van der Waals surface area contributed by atoms with E-state index in [-0.39, 0.29) is 23.2 Å². The number of amides is 1. The van der Waals surface area contributed by atoms with Gasteiger partial charge in [0.25, 0.3) is 0 Å². The van der Waals surface area contributed by atoms with Crippen molar-refractivity contribution in [2.75, 3.05) is 13.1 Å². The number of carbonyl (C=O) groups is 1. The van der Waals surface area contributed by atoms with Gasteiger partial charge < -0.3 is 15.2 Å². The number of hydrogen-bond acceptors (Lipinski definition) is 4. The Morgan fingerprint density at radius 3 is 2.52 bits per heavy atom. The quantitative estimate of drug-likeness (QED) is 0.591. The Morgan fingerprint density at radius 2 is 1.92 bits per heavy atom. The molecule has 0 aromatic carbocycles. The van der Waals surface area contributed by atoms with Gasteiger partial charge in [-0.25, -0.2) is 0 Å². The third-order valence-corrected chi connectivity index (χ3v) is 6.81. The first-order valence-electron chi connectivity index (χ1n) is 9.84. The molecule has 3 saturated heterocycles. The van der Waals surface area contributed by atoms with Gasteiger partial charge in [0.2, 0.25) is 5.91 Å². The fraction of sp³-hybridized carbons (Fsp3) is 0.850. The summed E-state index contributed by atoms with van der Waals surface area (Å²) in [4.78, 5) is 13.5. The predicted octanol–water partition coefficient (Wildman–Crippen LogP) is 2.39. The van der Waals surface area contributed by atoms with E-state index in [1.54, 1.807) is 0 Å². The molecule has 2 N–H and O–H groups in total. The Kier molecular flexibility index (Phi) is 4.25. The van der Waals surface area contributed by atoms with Crippen LogP contribution in [0.4, 0.5) is 0 Å². The van der Waals surface area contributed by atoms with Gasteiger partial charge in [-0.1, -0.05) is 11.6 Å². The maximum absolute atomic E-state index is 11.0. The first-order chi connectivity index (χ1) is 11.8. The van der Waals surface area contributed by atoms with E-state index >= 15 is 0 Å². The molecule has 3 atom stereocenters. The molecule has 4 rings (SSSR count). The molecule has 4 fully saturated rings. The number of nitrogens with two attached hydrogens (primary N) is 1. The third kappa shape index (κ3) is 3.26. The molecule has 140 valence electrons. The van der Waals surface area contributed by atoms with Crippen molar-refractivity contribution in [3.05, 3.63) is 11.6 Å². The second kappa shape index (κ2) is 6.07. The Bertz CT molecular complexity index is 571. The van der Waals surface area contributed by atoms with Crippen molar-refractivity contribution in [1.29, 1.82) is 0 Å². The number of hydrogen-bond donors (Lipinski definition) is 1. The number of carbonyl (C=O) groups excluding carboxylic acids is 1. The van der Waals surface area contributed by atoms with E-state index < -0.39 is 0 Å². The minimum atomic E-state index is -0.165. The maximum atomic E-state index is 11.0. The smallest absolute Gasteiger partial charge is 0.217 e. The summed E-state index contributed by atoms with van der Waals surface area (Å²) in [6, 6.07) is 0.661. The first-order valence-corrected chi connectivity index (χ1v) is 9.84. The molecule has 0 aromatic rings. The second-order valence-corrected chi connectivity index (χ2v) is 9.09. The molecule has 0 radical (unpaired) electrons. The molecule has 1 saturated carbocycles. The van der Waals surface area contributed by atoms with Gasteiger partial charge in [0.05, 0.1) is 11.7 Å². The zero-order chi connectivity index (χ0) is 17.8. The van der Waals surface area contributed by atoms with Crippen LogP contribution >= 0.6 is 0 Å². The Balaban J connectivity index is 1.23. The van der Waals surface area contributed by atoms with Gasteiger partial charge in [0.15, 0.2) is 0 Å². The van der Waals surface area contributed by atoms with Crippen LogP contribution in [0.2, 0.25) is 0 Å². The summed E-state index contributed by atoms with van der Waals surface area (Å²) < 4.78 is 12.3. The molecular weight excluding hydrogens is 316 g/mol. The highest BCUT2D eigenvalue weighted by atomic mass is 16.7. The molecule has 5 heteroatoms. The highest BCUT2D eigenvalue weighted by Gasteiger charge is 2.73. The summed E-state index contributed by atoms with van der Waals surface area (Å²) in [6.07, 6.45) is 9.14. The number of allylic oxidation sites excluding steroid dienone is 1. The lowest BCUT2D eigenvalue weighted by Crippen LogP contribution is -2.54. The van der Waals surface area contributed by atoms with Crippen molar-refractivity contribution in [1.82, 2.24) is 4.90 Å². The van der Waals surface area contributed by atoms with Crippen LogP contribution in [-0.4, -0.2) is 53.3 Å². The summed E-state index contributed by atoms with van der Waals surface area (Å²) in [7, 11) is 0. The van der Waals surface area contributed by atoms with Crippen LogP contribution in [0.15, 0.2) is 11.6 Å². The fourth-order valence-electron chi connectivity index (χ4n) is 5.13. The molecular formula is C20H32N2O3. The van der Waals surface area contributed by atoms with Gasteiger partial charge in [0, 0.05) is 25.6 Å². The second-order valence-electron chi connectivity index (χ2n) is 9.09. The SMILES string of the molecule is CC(C)=CC[C@H]1O[C@@]1(C)C1OC12CCC(N1CC(CC(N)=O)C1)CC2. The maximum Gasteiger partial charge on any atom is 0.217 e. The van der Waals surface area contributed by atoms with Crippen molar-refractivity contribution < 1.29 is 14.3 Å². The third-order valence-electron chi connectivity index (χ3n) is 6.81. The van der Waals surface area contributed by atoms with Crippen LogP contribution in [0, 0.1) is 5.92 Å². The number of nitrogens with zero attached hydrogens (tertiary/aromatic N) is 1. The number of primary amides is 1. The number of epoxide rings is 2. The van der Waals surface area contributed by atoms with Crippen LogP contribution in [0.1, 0.15) is 59.3 Å². The van der Waals surface area contributed by atoms with Crippen molar-refractivity contribution in [3.63, 3.8) is 0 Å². The molecule has 0 bridgehead atoms. The zero-order valence-corrected chi connectivity index (χ0v) is 15.8. The van der Waals surface area contributed by atoms with E-state index in [1.807, 2.05) is 0 Å². The van der Waals surface area contributed by atoms with E-state index in [1.165, 1.54) is 18.4 Å². The monoisotopic (exact) mass is 348 g/mol. The summed E-state index contributed by atoms with van der Waals surface area (Å²) in [5.41, 5.74) is 6.67. The Hall–Kier alpha value is -0.910. The van der Waals surface area contributed by atoms with Crippen molar-refractivity contribution in [2.45, 2.75) is 88.7 Å². The highest BCUT2D eigenvalue weighted by Crippen LogP contribution is 2.60. The van der Waals surface area contributed by atoms with Crippen LogP contribution in [-0.2, 0) is 14.3 Å². The van der Waals surface area contributed by atoms with Gasteiger partial charge in [-0.3, -0.25) is 9.69 Å². The lowest BCUT2D eigenvalue weighted by Gasteiger charge is -2.46. The first kappa shape index (κ1) is 17.5. The number of rotatable bonds is 6. The van der Waals surface area contributed by atoms with E-state index in [9.17, 15) is 4.79 Å². The Morgan fingerprint density at radius 1 is 1.24 bits per heavy atom. The molecule has 1 aliphatic carbocycles. The Labute approximate surface area is 150 Å². The molecule has 25 heavy (non-hydrogen) atoms. The van der Waals surface area contributed by atoms with Crippen LogP contribution in [0.3, 0.4) is 0 Å².